The topological polar surface area (TPSA) is 117 Å². The van der Waals surface area contributed by atoms with Crippen LogP contribution in [-0.2, 0) is 11.0 Å². The summed E-state index contributed by atoms with van der Waals surface area (Å²) >= 11 is 6.37. The van der Waals surface area contributed by atoms with Gasteiger partial charge in [0.1, 0.15) is 5.82 Å². The van der Waals surface area contributed by atoms with Crippen LogP contribution in [0, 0.1) is 0 Å². The lowest BCUT2D eigenvalue weighted by molar-refractivity contribution is -0.138. The fraction of sp³-hybridized carbons (Fsp3) is 0.208. The van der Waals surface area contributed by atoms with Crippen LogP contribution in [0.1, 0.15) is 41.4 Å². The number of hydrogen-bond donors (Lipinski definition) is 4. The summed E-state index contributed by atoms with van der Waals surface area (Å²) in [7, 11) is 0. The predicted octanol–water partition coefficient (Wildman–Crippen LogP) is 4.81. The molecule has 0 aliphatic carbocycles. The molecule has 1 aromatic heterocycles. The molecule has 0 saturated heterocycles. The molecule has 0 aliphatic rings. The molecule has 0 spiro atoms. The molecule has 35 heavy (non-hydrogen) atoms. The molecule has 0 fully saturated rings. The Morgan fingerprint density at radius 2 is 1.83 bits per heavy atom. The van der Waals surface area contributed by atoms with Crippen LogP contribution in [0.2, 0.25) is 5.02 Å². The summed E-state index contributed by atoms with van der Waals surface area (Å²) in [5.74, 6) is -1.28. The van der Waals surface area contributed by atoms with Crippen molar-refractivity contribution in [2.24, 2.45) is 0 Å². The Kier molecular flexibility index (Phi) is 7.67. The first-order chi connectivity index (χ1) is 16.4. The minimum Gasteiger partial charge on any atom is -0.383 e. The van der Waals surface area contributed by atoms with E-state index in [1.807, 2.05) is 0 Å². The number of anilines is 2. The number of nitrogens with two attached hydrogens (primary N) is 1. The lowest BCUT2D eigenvalue weighted by Crippen LogP contribution is -2.30. The second-order valence-corrected chi connectivity index (χ2v) is 8.40. The first kappa shape index (κ1) is 26.0. The molecule has 7 nitrogen and oxygen atoms in total. The second-order valence-electron chi connectivity index (χ2n) is 7.99. The number of amides is 2. The van der Waals surface area contributed by atoms with Crippen LogP contribution < -0.4 is 16.4 Å². The summed E-state index contributed by atoms with van der Waals surface area (Å²) in [5.41, 5.74) is 6.02. The number of nitrogens with one attached hydrogen (secondary N) is 2. The van der Waals surface area contributed by atoms with Gasteiger partial charge in [-0.25, -0.2) is 4.98 Å². The van der Waals surface area contributed by atoms with Crippen molar-refractivity contribution < 1.29 is 27.9 Å². The van der Waals surface area contributed by atoms with Gasteiger partial charge in [-0.3, -0.25) is 9.59 Å². The van der Waals surface area contributed by atoms with Crippen LogP contribution in [0.25, 0.3) is 11.1 Å². The van der Waals surface area contributed by atoms with Gasteiger partial charge in [-0.1, -0.05) is 29.8 Å². The lowest BCUT2D eigenvalue weighted by Gasteiger charge is -2.15. The quantitative estimate of drug-likeness (QED) is 0.382. The Labute approximate surface area is 204 Å². The molecule has 0 radical (unpaired) electrons. The van der Waals surface area contributed by atoms with Crippen LogP contribution in [0.5, 0.6) is 0 Å². The maximum absolute atomic E-state index is 12.9. The van der Waals surface area contributed by atoms with Crippen molar-refractivity contribution in [3.8, 4) is 11.1 Å². The van der Waals surface area contributed by atoms with Gasteiger partial charge in [0.2, 0.25) is 0 Å². The Bertz CT molecular complexity index is 1270. The molecule has 1 atom stereocenters. The van der Waals surface area contributed by atoms with E-state index in [0.717, 1.165) is 12.1 Å². The number of rotatable bonds is 6. The smallest absolute Gasteiger partial charge is 0.383 e. The van der Waals surface area contributed by atoms with E-state index in [4.69, 9.17) is 17.3 Å². The molecule has 5 N–H and O–H groups in total. The summed E-state index contributed by atoms with van der Waals surface area (Å²) in [6, 6.07) is 9.76. The summed E-state index contributed by atoms with van der Waals surface area (Å²) in [4.78, 5) is 28.9. The number of carbonyl (C=O) groups is 2. The highest BCUT2D eigenvalue weighted by molar-refractivity contribution is 6.33. The molecule has 0 saturated carbocycles. The van der Waals surface area contributed by atoms with Gasteiger partial charge in [-0.15, -0.1) is 0 Å². The standard InChI is InChI=1S/C24H22ClF3N4O3/c1-12(2)31-22(34)18-9-14(11-30-21(18)29)17-7-6-16(10-19(17)25)32-23(35)20(33)13-4-3-5-15(8-13)24(26,27)28/h3-12,20,33H,1-2H3,(H2,29,30)(H,31,34)(H,32,35)/t20-/m0/s1. The van der Waals surface area contributed by atoms with Crippen molar-refractivity contribution >= 4 is 34.9 Å². The van der Waals surface area contributed by atoms with Gasteiger partial charge in [-0.05, 0) is 49.7 Å². The predicted molar refractivity (Wildman–Crippen MR) is 127 cm³/mol. The van der Waals surface area contributed by atoms with E-state index in [-0.39, 0.29) is 33.7 Å². The van der Waals surface area contributed by atoms with E-state index in [1.54, 1.807) is 19.9 Å². The maximum Gasteiger partial charge on any atom is 0.416 e. The number of nitrogen functional groups attached to an aromatic ring is 1. The second kappa shape index (κ2) is 10.3. The van der Waals surface area contributed by atoms with E-state index in [2.05, 4.69) is 15.6 Å². The molecule has 184 valence electrons. The van der Waals surface area contributed by atoms with Crippen LogP contribution in [0.4, 0.5) is 24.7 Å². The van der Waals surface area contributed by atoms with Gasteiger partial charge in [0, 0.05) is 29.1 Å². The number of benzene rings is 2. The van der Waals surface area contributed by atoms with E-state index in [0.29, 0.717) is 17.2 Å². The maximum atomic E-state index is 12.9. The molecule has 2 amide bonds. The van der Waals surface area contributed by atoms with Gasteiger partial charge in [0.15, 0.2) is 6.10 Å². The lowest BCUT2D eigenvalue weighted by atomic mass is 10.0. The monoisotopic (exact) mass is 506 g/mol. The van der Waals surface area contributed by atoms with Gasteiger partial charge < -0.3 is 21.5 Å². The zero-order chi connectivity index (χ0) is 25.9. The Morgan fingerprint density at radius 1 is 1.11 bits per heavy atom. The first-order valence-electron chi connectivity index (χ1n) is 10.4. The average molecular weight is 507 g/mol. The molecule has 0 unspecified atom stereocenters. The number of aliphatic hydroxyl groups excluding tert-OH is 1. The molecular formula is C24H22ClF3N4O3. The summed E-state index contributed by atoms with van der Waals surface area (Å²) < 4.78 is 38.8. The third kappa shape index (κ3) is 6.28. The molecule has 11 heteroatoms. The first-order valence-corrected chi connectivity index (χ1v) is 10.8. The van der Waals surface area contributed by atoms with Gasteiger partial charge >= 0.3 is 6.18 Å². The molecular weight excluding hydrogens is 485 g/mol. The van der Waals surface area contributed by atoms with Crippen molar-refractivity contribution in [1.82, 2.24) is 10.3 Å². The largest absolute Gasteiger partial charge is 0.416 e. The number of pyridine rings is 1. The minimum atomic E-state index is -4.61. The minimum absolute atomic E-state index is 0.0514. The summed E-state index contributed by atoms with van der Waals surface area (Å²) in [6.45, 7) is 3.61. The van der Waals surface area contributed by atoms with Crippen molar-refractivity contribution in [2.45, 2.75) is 32.2 Å². The molecule has 0 aliphatic heterocycles. The molecule has 1 heterocycles. The highest BCUT2D eigenvalue weighted by atomic mass is 35.5. The van der Waals surface area contributed by atoms with E-state index >= 15 is 0 Å². The van der Waals surface area contributed by atoms with Crippen molar-refractivity contribution in [1.29, 1.82) is 0 Å². The van der Waals surface area contributed by atoms with Crippen molar-refractivity contribution in [2.75, 3.05) is 11.1 Å². The fourth-order valence-electron chi connectivity index (χ4n) is 3.22. The summed E-state index contributed by atoms with van der Waals surface area (Å²) in [6.07, 6.45) is -5.00. The SMILES string of the molecule is CC(C)NC(=O)c1cc(-c2ccc(NC(=O)[C@@H](O)c3cccc(C(F)(F)F)c3)cc2Cl)cnc1N. The summed E-state index contributed by atoms with van der Waals surface area (Å²) in [5, 5.41) is 15.6. The van der Waals surface area contributed by atoms with Crippen molar-refractivity contribution in [3.63, 3.8) is 0 Å². The van der Waals surface area contributed by atoms with Gasteiger partial charge in [-0.2, -0.15) is 13.2 Å². The highest BCUT2D eigenvalue weighted by Crippen LogP contribution is 2.33. The fourth-order valence-corrected chi connectivity index (χ4v) is 3.51. The van der Waals surface area contributed by atoms with Crippen LogP contribution in [-0.4, -0.2) is 27.9 Å². The van der Waals surface area contributed by atoms with E-state index in [1.165, 1.54) is 30.5 Å². The van der Waals surface area contributed by atoms with Crippen LogP contribution >= 0.6 is 11.6 Å². The number of nitrogens with zero attached hydrogens (tertiary/aromatic N) is 1. The van der Waals surface area contributed by atoms with Crippen molar-refractivity contribution in [3.05, 3.63) is 76.4 Å². The van der Waals surface area contributed by atoms with Crippen LogP contribution in [0.15, 0.2) is 54.7 Å². The molecule has 3 aromatic rings. The third-order valence-corrected chi connectivity index (χ3v) is 5.22. The molecule has 0 bridgehead atoms. The van der Waals surface area contributed by atoms with Crippen LogP contribution in [0.3, 0.4) is 0 Å². The Balaban J connectivity index is 1.80. The number of aliphatic hydroxyl groups is 1. The van der Waals surface area contributed by atoms with Gasteiger partial charge in [0.25, 0.3) is 11.8 Å². The number of alkyl halides is 3. The zero-order valence-corrected chi connectivity index (χ0v) is 19.4. The van der Waals surface area contributed by atoms with E-state index in [9.17, 15) is 27.9 Å². The van der Waals surface area contributed by atoms with Gasteiger partial charge in [0.05, 0.1) is 16.1 Å². The number of aromatic nitrogens is 1. The number of halogens is 4. The number of carbonyl (C=O) groups excluding carboxylic acids is 2. The average Bonchev–Trinajstić information content (AvgIpc) is 2.78. The van der Waals surface area contributed by atoms with E-state index < -0.39 is 29.7 Å². The Morgan fingerprint density at radius 3 is 2.46 bits per heavy atom. The zero-order valence-electron chi connectivity index (χ0n) is 18.7. The Hall–Kier alpha value is -3.63. The molecule has 3 rings (SSSR count). The molecule has 2 aromatic carbocycles. The normalized spacial score (nSPS) is 12.3. The third-order valence-electron chi connectivity index (χ3n) is 4.91. The number of hydrogen-bond acceptors (Lipinski definition) is 5. The highest BCUT2D eigenvalue weighted by Gasteiger charge is 2.31.